The zero-order chi connectivity index (χ0) is 22.1. The smallest absolute Gasteiger partial charge is 0.279 e. The van der Waals surface area contributed by atoms with E-state index in [-0.39, 0.29) is 29.6 Å². The third-order valence-corrected chi connectivity index (χ3v) is 5.68. The molecule has 0 fully saturated rings. The second-order valence-corrected chi connectivity index (χ2v) is 8.22. The van der Waals surface area contributed by atoms with E-state index >= 15 is 0 Å². The molecule has 1 amide bonds. The summed E-state index contributed by atoms with van der Waals surface area (Å²) in [5.41, 5.74) is 5.38. The van der Waals surface area contributed by atoms with Crippen LogP contribution in [0.2, 0.25) is 0 Å². The number of fused-ring (bicyclic) bond motifs is 2. The van der Waals surface area contributed by atoms with E-state index in [9.17, 15) is 14.4 Å². The summed E-state index contributed by atoms with van der Waals surface area (Å²) < 4.78 is 0. The Hall–Kier alpha value is -3.57. The lowest BCUT2D eigenvalue weighted by Crippen LogP contribution is -3.08. The molecule has 31 heavy (non-hydrogen) atoms. The summed E-state index contributed by atoms with van der Waals surface area (Å²) in [6, 6.07) is 18.1. The van der Waals surface area contributed by atoms with Crippen molar-refractivity contribution in [2.45, 2.75) is 20.4 Å². The van der Waals surface area contributed by atoms with Gasteiger partial charge in [0, 0.05) is 22.3 Å². The Morgan fingerprint density at radius 1 is 0.871 bits per heavy atom. The second-order valence-electron chi connectivity index (χ2n) is 8.22. The molecule has 0 aromatic heterocycles. The fourth-order valence-electron chi connectivity index (χ4n) is 4.15. The molecule has 1 aliphatic rings. The van der Waals surface area contributed by atoms with Gasteiger partial charge in [0.1, 0.15) is 6.54 Å². The number of hydrogen-bond acceptors (Lipinski definition) is 3. The molecule has 0 radical (unpaired) electrons. The van der Waals surface area contributed by atoms with Crippen molar-refractivity contribution in [2.24, 2.45) is 0 Å². The SMILES string of the molecule is Cc1ccc(C[NH+](C)CC(=O)Nc2cccc3c2C(=O)c2ccccc2C3=O)c(C)c1. The van der Waals surface area contributed by atoms with E-state index in [0.717, 1.165) is 11.4 Å². The van der Waals surface area contributed by atoms with Crippen LogP contribution in [0.25, 0.3) is 0 Å². The molecule has 1 atom stereocenters. The van der Waals surface area contributed by atoms with E-state index in [0.29, 0.717) is 22.4 Å². The molecule has 0 aliphatic heterocycles. The van der Waals surface area contributed by atoms with Gasteiger partial charge in [0.15, 0.2) is 18.1 Å². The average molecular weight is 413 g/mol. The number of ketones is 2. The Morgan fingerprint density at radius 2 is 1.55 bits per heavy atom. The molecule has 0 saturated carbocycles. The molecule has 1 aliphatic carbocycles. The Kier molecular flexibility index (Phi) is 5.53. The number of carbonyl (C=O) groups excluding carboxylic acids is 3. The Morgan fingerprint density at radius 3 is 2.26 bits per heavy atom. The van der Waals surface area contributed by atoms with Crippen LogP contribution in [0.1, 0.15) is 48.5 Å². The van der Waals surface area contributed by atoms with Crippen LogP contribution in [0.3, 0.4) is 0 Å². The molecule has 3 aromatic rings. The van der Waals surface area contributed by atoms with Gasteiger partial charge in [-0.15, -0.1) is 0 Å². The van der Waals surface area contributed by atoms with Gasteiger partial charge < -0.3 is 10.2 Å². The monoisotopic (exact) mass is 413 g/mol. The normalized spacial score (nSPS) is 13.4. The molecule has 5 nitrogen and oxygen atoms in total. The number of likely N-dealkylation sites (N-methyl/N-ethyl adjacent to an activating group) is 1. The van der Waals surface area contributed by atoms with Gasteiger partial charge in [-0.05, 0) is 25.5 Å². The highest BCUT2D eigenvalue weighted by Gasteiger charge is 2.31. The molecule has 1 unspecified atom stereocenters. The lowest BCUT2D eigenvalue weighted by Gasteiger charge is -2.21. The first kappa shape index (κ1) is 20.7. The van der Waals surface area contributed by atoms with Crippen LogP contribution in [0.4, 0.5) is 5.69 Å². The molecule has 5 heteroatoms. The number of amides is 1. The van der Waals surface area contributed by atoms with Gasteiger partial charge in [-0.25, -0.2) is 0 Å². The number of aryl methyl sites for hydroxylation is 2. The maximum atomic E-state index is 13.1. The number of quaternary nitrogens is 1. The molecule has 0 heterocycles. The number of hydrogen-bond donors (Lipinski definition) is 2. The quantitative estimate of drug-likeness (QED) is 0.529. The van der Waals surface area contributed by atoms with Crippen molar-refractivity contribution < 1.29 is 19.3 Å². The first-order valence-corrected chi connectivity index (χ1v) is 10.3. The highest BCUT2D eigenvalue weighted by atomic mass is 16.2. The maximum absolute atomic E-state index is 13.1. The van der Waals surface area contributed by atoms with Gasteiger partial charge in [0.05, 0.1) is 18.3 Å². The third kappa shape index (κ3) is 4.05. The van der Waals surface area contributed by atoms with Crippen molar-refractivity contribution >= 4 is 23.2 Å². The highest BCUT2D eigenvalue weighted by molar-refractivity contribution is 6.30. The predicted octanol–water partition coefficient (Wildman–Crippen LogP) is 2.73. The van der Waals surface area contributed by atoms with Gasteiger partial charge in [0.2, 0.25) is 0 Å². The van der Waals surface area contributed by atoms with Crippen molar-refractivity contribution in [1.82, 2.24) is 0 Å². The molecular formula is C26H25N2O3+. The minimum Gasteiger partial charge on any atom is -0.326 e. The Balaban J connectivity index is 1.52. The van der Waals surface area contributed by atoms with Crippen LogP contribution in [-0.4, -0.2) is 31.1 Å². The minimum atomic E-state index is -0.239. The Bertz CT molecular complexity index is 1210. The van der Waals surface area contributed by atoms with Gasteiger partial charge in [-0.2, -0.15) is 0 Å². The molecular weight excluding hydrogens is 388 g/mol. The van der Waals surface area contributed by atoms with E-state index in [1.54, 1.807) is 42.5 Å². The van der Waals surface area contributed by atoms with Crippen molar-refractivity contribution in [3.8, 4) is 0 Å². The fraction of sp³-hybridized carbons (Fsp3) is 0.192. The number of benzene rings is 3. The van der Waals surface area contributed by atoms with Gasteiger partial charge in [0.25, 0.3) is 5.91 Å². The average Bonchev–Trinajstić information content (AvgIpc) is 2.74. The number of rotatable bonds is 5. The van der Waals surface area contributed by atoms with E-state index in [4.69, 9.17) is 0 Å². The predicted molar refractivity (Wildman–Crippen MR) is 120 cm³/mol. The maximum Gasteiger partial charge on any atom is 0.279 e. The van der Waals surface area contributed by atoms with Crippen LogP contribution in [0, 0.1) is 13.8 Å². The van der Waals surface area contributed by atoms with E-state index in [2.05, 4.69) is 37.4 Å². The van der Waals surface area contributed by atoms with E-state index in [1.807, 2.05) is 7.05 Å². The van der Waals surface area contributed by atoms with Gasteiger partial charge in [-0.3, -0.25) is 14.4 Å². The van der Waals surface area contributed by atoms with Crippen LogP contribution in [-0.2, 0) is 11.3 Å². The van der Waals surface area contributed by atoms with Crippen LogP contribution in [0.15, 0.2) is 60.7 Å². The zero-order valence-corrected chi connectivity index (χ0v) is 17.9. The summed E-state index contributed by atoms with van der Waals surface area (Å²) in [6.07, 6.45) is 0. The molecule has 0 bridgehead atoms. The van der Waals surface area contributed by atoms with Gasteiger partial charge in [-0.1, -0.05) is 60.2 Å². The van der Waals surface area contributed by atoms with Crippen molar-refractivity contribution in [3.05, 3.63) is 99.6 Å². The van der Waals surface area contributed by atoms with Gasteiger partial charge >= 0.3 is 0 Å². The largest absolute Gasteiger partial charge is 0.326 e. The van der Waals surface area contributed by atoms with Crippen molar-refractivity contribution in [1.29, 1.82) is 0 Å². The fourth-order valence-corrected chi connectivity index (χ4v) is 4.15. The minimum absolute atomic E-state index is 0.195. The first-order valence-electron chi connectivity index (χ1n) is 10.3. The number of nitrogens with one attached hydrogen (secondary N) is 2. The molecule has 0 saturated heterocycles. The second kappa shape index (κ2) is 8.28. The molecule has 4 rings (SSSR count). The summed E-state index contributed by atoms with van der Waals surface area (Å²) in [4.78, 5) is 39.7. The first-order chi connectivity index (χ1) is 14.8. The third-order valence-electron chi connectivity index (χ3n) is 5.68. The summed E-state index contributed by atoms with van der Waals surface area (Å²) in [6.45, 7) is 5.10. The van der Waals surface area contributed by atoms with Crippen LogP contribution in [0.5, 0.6) is 0 Å². The molecule has 2 N–H and O–H groups in total. The lowest BCUT2D eigenvalue weighted by molar-refractivity contribution is -0.885. The van der Waals surface area contributed by atoms with Crippen molar-refractivity contribution in [2.75, 3.05) is 18.9 Å². The van der Waals surface area contributed by atoms with Crippen molar-refractivity contribution in [3.63, 3.8) is 0 Å². The molecule has 3 aromatic carbocycles. The van der Waals surface area contributed by atoms with E-state index < -0.39 is 0 Å². The summed E-state index contributed by atoms with van der Waals surface area (Å²) in [5, 5.41) is 2.86. The molecule has 0 spiro atoms. The standard InChI is InChI=1S/C26H24N2O3/c1-16-11-12-18(17(2)13-16)14-28(3)15-23(29)27-22-10-6-9-21-24(22)26(31)20-8-5-4-7-19(20)25(21)30/h4-13H,14-15H2,1-3H3,(H,27,29)/p+1. The molecule has 156 valence electrons. The summed E-state index contributed by atoms with van der Waals surface area (Å²) in [7, 11) is 1.96. The topological polar surface area (TPSA) is 67.7 Å². The Labute approximate surface area is 181 Å². The summed E-state index contributed by atoms with van der Waals surface area (Å²) in [5.74, 6) is -0.634. The van der Waals surface area contributed by atoms with Crippen LogP contribution >= 0.6 is 0 Å². The van der Waals surface area contributed by atoms with Crippen LogP contribution < -0.4 is 10.2 Å². The summed E-state index contributed by atoms with van der Waals surface area (Å²) >= 11 is 0. The number of carbonyl (C=O) groups is 3. The lowest BCUT2D eigenvalue weighted by atomic mass is 9.83. The number of anilines is 1. The highest BCUT2D eigenvalue weighted by Crippen LogP contribution is 2.31. The zero-order valence-electron chi connectivity index (χ0n) is 17.9. The van der Waals surface area contributed by atoms with E-state index in [1.165, 1.54) is 16.7 Å².